The van der Waals surface area contributed by atoms with Crippen LogP contribution in [0.4, 0.5) is 8.78 Å². The largest absolute Gasteiger partial charge is 0.314 e. The molecule has 1 aliphatic heterocycles. The van der Waals surface area contributed by atoms with Gasteiger partial charge in [-0.3, -0.25) is 4.90 Å². The Bertz CT molecular complexity index is 420. The van der Waals surface area contributed by atoms with E-state index < -0.39 is 6.43 Å². The van der Waals surface area contributed by atoms with Gasteiger partial charge in [0.2, 0.25) is 6.43 Å². The molecule has 1 saturated heterocycles. The second-order valence-electron chi connectivity index (χ2n) is 5.29. The van der Waals surface area contributed by atoms with Crippen molar-refractivity contribution >= 4 is 12.4 Å². The fraction of sp³-hybridized carbons (Fsp3) is 0.600. The Kier molecular flexibility index (Phi) is 6.86. The Morgan fingerprint density at radius 3 is 2.40 bits per heavy atom. The molecule has 1 atom stereocenters. The first-order valence-electron chi connectivity index (χ1n) is 6.88. The standard InChI is InChI=1S/C15H22F2N2.ClH/c1-11-3-4-13(12(2)9-11)14(10-15(16)17)19-7-5-18-6-8-19;/h3-4,9,14-15,18H,5-8,10H2,1-2H3;1H/t14-;/m1./s1. The first-order chi connectivity index (χ1) is 9.08. The van der Waals surface area contributed by atoms with Gasteiger partial charge in [0, 0.05) is 38.6 Å². The number of rotatable bonds is 4. The summed E-state index contributed by atoms with van der Waals surface area (Å²) in [6, 6.07) is 5.95. The Morgan fingerprint density at radius 2 is 1.85 bits per heavy atom. The Morgan fingerprint density at radius 1 is 1.20 bits per heavy atom. The normalized spacial score (nSPS) is 17.9. The summed E-state index contributed by atoms with van der Waals surface area (Å²) in [6.07, 6.45) is -2.34. The number of nitrogens with one attached hydrogen (secondary N) is 1. The molecule has 5 heteroatoms. The highest BCUT2D eigenvalue weighted by atomic mass is 35.5. The monoisotopic (exact) mass is 304 g/mol. The van der Waals surface area contributed by atoms with Gasteiger partial charge in [0.25, 0.3) is 0 Å². The number of alkyl halides is 2. The van der Waals surface area contributed by atoms with Crippen LogP contribution in [0.2, 0.25) is 0 Å². The van der Waals surface area contributed by atoms with Crippen molar-refractivity contribution in [2.24, 2.45) is 0 Å². The van der Waals surface area contributed by atoms with E-state index in [1.807, 2.05) is 26.0 Å². The average molecular weight is 305 g/mol. The lowest BCUT2D eigenvalue weighted by Crippen LogP contribution is -2.45. The molecule has 1 heterocycles. The summed E-state index contributed by atoms with van der Waals surface area (Å²) in [6.45, 7) is 7.48. The maximum absolute atomic E-state index is 12.9. The number of hydrogen-bond acceptors (Lipinski definition) is 2. The highest BCUT2D eigenvalue weighted by Gasteiger charge is 2.26. The SMILES string of the molecule is Cc1ccc([C@@H](CC(F)F)N2CCNCC2)c(C)c1.Cl. The lowest BCUT2D eigenvalue weighted by molar-refractivity contribution is 0.0737. The maximum Gasteiger partial charge on any atom is 0.240 e. The molecule has 0 bridgehead atoms. The summed E-state index contributed by atoms with van der Waals surface area (Å²) < 4.78 is 25.8. The van der Waals surface area contributed by atoms with Gasteiger partial charge in [-0.1, -0.05) is 23.8 Å². The predicted molar refractivity (Wildman–Crippen MR) is 81.0 cm³/mol. The molecule has 2 nitrogen and oxygen atoms in total. The molecule has 0 radical (unpaired) electrons. The van der Waals surface area contributed by atoms with E-state index >= 15 is 0 Å². The van der Waals surface area contributed by atoms with Crippen LogP contribution in [-0.2, 0) is 0 Å². The number of halogens is 3. The van der Waals surface area contributed by atoms with E-state index in [-0.39, 0.29) is 24.9 Å². The van der Waals surface area contributed by atoms with Crippen LogP contribution in [0.15, 0.2) is 18.2 Å². The van der Waals surface area contributed by atoms with Crippen LogP contribution in [-0.4, -0.2) is 37.5 Å². The van der Waals surface area contributed by atoms with Crippen LogP contribution in [0.1, 0.15) is 29.2 Å². The third kappa shape index (κ3) is 4.40. The summed E-state index contributed by atoms with van der Waals surface area (Å²) in [5, 5.41) is 3.27. The van der Waals surface area contributed by atoms with Crippen LogP contribution >= 0.6 is 12.4 Å². The van der Waals surface area contributed by atoms with Gasteiger partial charge in [-0.25, -0.2) is 8.78 Å². The van der Waals surface area contributed by atoms with Gasteiger partial charge in [-0.05, 0) is 25.0 Å². The highest BCUT2D eigenvalue weighted by Crippen LogP contribution is 2.30. The summed E-state index contributed by atoms with van der Waals surface area (Å²) in [4.78, 5) is 2.18. The maximum atomic E-state index is 12.9. The van der Waals surface area contributed by atoms with Crippen molar-refractivity contribution in [2.75, 3.05) is 26.2 Å². The molecule has 0 aliphatic carbocycles. The second-order valence-corrected chi connectivity index (χ2v) is 5.29. The van der Waals surface area contributed by atoms with E-state index in [9.17, 15) is 8.78 Å². The van der Waals surface area contributed by atoms with Crippen molar-refractivity contribution < 1.29 is 8.78 Å². The van der Waals surface area contributed by atoms with Gasteiger partial charge >= 0.3 is 0 Å². The summed E-state index contributed by atoms with van der Waals surface area (Å²) in [5.41, 5.74) is 3.34. The van der Waals surface area contributed by atoms with Gasteiger partial charge in [-0.2, -0.15) is 0 Å². The molecule has 114 valence electrons. The van der Waals surface area contributed by atoms with E-state index in [0.29, 0.717) is 0 Å². The molecule has 0 amide bonds. The van der Waals surface area contributed by atoms with Crippen LogP contribution < -0.4 is 5.32 Å². The molecule has 1 aromatic rings. The molecule has 1 aliphatic rings. The second kappa shape index (κ2) is 7.91. The number of hydrogen-bond donors (Lipinski definition) is 1. The summed E-state index contributed by atoms with van der Waals surface area (Å²) in [5.74, 6) is 0. The van der Waals surface area contributed by atoms with E-state index in [2.05, 4.69) is 16.3 Å². The highest BCUT2D eigenvalue weighted by molar-refractivity contribution is 5.85. The zero-order valence-electron chi connectivity index (χ0n) is 12.0. The lowest BCUT2D eigenvalue weighted by atomic mass is 9.95. The fourth-order valence-corrected chi connectivity index (χ4v) is 2.83. The summed E-state index contributed by atoms with van der Waals surface area (Å²) >= 11 is 0. The number of benzene rings is 1. The minimum Gasteiger partial charge on any atom is -0.314 e. The Hall–Kier alpha value is -0.710. The van der Waals surface area contributed by atoms with Crippen LogP contribution in [0.3, 0.4) is 0 Å². The van der Waals surface area contributed by atoms with Crippen LogP contribution in [0, 0.1) is 13.8 Å². The molecule has 1 fully saturated rings. The topological polar surface area (TPSA) is 15.3 Å². The van der Waals surface area contributed by atoms with Gasteiger partial charge in [0.15, 0.2) is 0 Å². The van der Waals surface area contributed by atoms with Crippen molar-refractivity contribution in [2.45, 2.75) is 32.7 Å². The number of piperazine rings is 1. The third-order valence-corrected chi connectivity index (χ3v) is 3.78. The zero-order valence-corrected chi connectivity index (χ0v) is 12.9. The van der Waals surface area contributed by atoms with Crippen molar-refractivity contribution in [1.82, 2.24) is 10.2 Å². The van der Waals surface area contributed by atoms with Gasteiger partial charge in [-0.15, -0.1) is 12.4 Å². The van der Waals surface area contributed by atoms with Crippen LogP contribution in [0.5, 0.6) is 0 Å². The molecule has 2 rings (SSSR count). The molecule has 0 saturated carbocycles. The minimum absolute atomic E-state index is 0. The summed E-state index contributed by atoms with van der Waals surface area (Å²) in [7, 11) is 0. The molecule has 1 aromatic carbocycles. The molecular weight excluding hydrogens is 282 g/mol. The van der Waals surface area contributed by atoms with Crippen LogP contribution in [0.25, 0.3) is 0 Å². The van der Waals surface area contributed by atoms with Gasteiger partial charge < -0.3 is 5.32 Å². The quantitative estimate of drug-likeness (QED) is 0.918. The molecule has 0 aromatic heterocycles. The Labute approximate surface area is 126 Å². The lowest BCUT2D eigenvalue weighted by Gasteiger charge is -2.36. The minimum atomic E-state index is -2.26. The Balaban J connectivity index is 0.00000200. The third-order valence-electron chi connectivity index (χ3n) is 3.78. The molecule has 1 N–H and O–H groups in total. The first kappa shape index (κ1) is 17.3. The van der Waals surface area contributed by atoms with Gasteiger partial charge in [0.05, 0.1) is 0 Å². The van der Waals surface area contributed by atoms with Crippen molar-refractivity contribution in [3.63, 3.8) is 0 Å². The molecule has 0 unspecified atom stereocenters. The zero-order chi connectivity index (χ0) is 13.8. The predicted octanol–water partition coefficient (Wildman–Crippen LogP) is 3.33. The van der Waals surface area contributed by atoms with E-state index in [0.717, 1.165) is 37.3 Å². The molecular formula is C15H23ClF2N2. The van der Waals surface area contributed by atoms with Crippen molar-refractivity contribution in [3.05, 3.63) is 34.9 Å². The van der Waals surface area contributed by atoms with Gasteiger partial charge in [0.1, 0.15) is 0 Å². The van der Waals surface area contributed by atoms with E-state index in [4.69, 9.17) is 0 Å². The van der Waals surface area contributed by atoms with E-state index in [1.54, 1.807) is 0 Å². The number of nitrogens with zero attached hydrogens (tertiary/aromatic N) is 1. The molecule has 0 spiro atoms. The average Bonchev–Trinajstić information content (AvgIpc) is 2.37. The van der Waals surface area contributed by atoms with Crippen molar-refractivity contribution in [3.8, 4) is 0 Å². The molecule has 20 heavy (non-hydrogen) atoms. The smallest absolute Gasteiger partial charge is 0.240 e. The number of aryl methyl sites for hydroxylation is 2. The van der Waals surface area contributed by atoms with Crippen molar-refractivity contribution in [1.29, 1.82) is 0 Å². The van der Waals surface area contributed by atoms with E-state index in [1.165, 1.54) is 5.56 Å². The fourth-order valence-electron chi connectivity index (χ4n) is 2.83. The first-order valence-corrected chi connectivity index (χ1v) is 6.88.